The molecule has 1 atom stereocenters. The van der Waals surface area contributed by atoms with E-state index in [-0.39, 0.29) is 24.2 Å². The summed E-state index contributed by atoms with van der Waals surface area (Å²) in [6.07, 6.45) is 0.235. The fourth-order valence-corrected chi connectivity index (χ4v) is 2.88. The highest BCUT2D eigenvalue weighted by atomic mass is 16.2. The number of carbonyl (C=O) groups excluding carboxylic acids is 2. The zero-order valence-corrected chi connectivity index (χ0v) is 14.2. The topological polar surface area (TPSA) is 61.8 Å². The summed E-state index contributed by atoms with van der Waals surface area (Å²) < 4.78 is 0. The lowest BCUT2D eigenvalue weighted by molar-refractivity contribution is -0.129. The van der Waals surface area contributed by atoms with E-state index in [4.69, 9.17) is 0 Å². The number of hydrogen-bond donors (Lipinski definition) is 1. The fraction of sp³-hybridized carbons (Fsp3) is 0.250. The van der Waals surface area contributed by atoms with Gasteiger partial charge < -0.3 is 4.90 Å². The van der Waals surface area contributed by atoms with Crippen LogP contribution < -0.4 is 5.43 Å². The van der Waals surface area contributed by atoms with Crippen molar-refractivity contribution in [2.45, 2.75) is 19.9 Å². The Morgan fingerprint density at radius 3 is 2.44 bits per heavy atom. The molecular weight excluding hydrogens is 314 g/mol. The van der Waals surface area contributed by atoms with Gasteiger partial charge in [-0.05, 0) is 18.1 Å². The quantitative estimate of drug-likeness (QED) is 0.674. The molecule has 128 valence electrons. The summed E-state index contributed by atoms with van der Waals surface area (Å²) in [5, 5.41) is 4.16. The lowest BCUT2D eigenvalue weighted by atomic mass is 10.1. The second kappa shape index (κ2) is 7.75. The van der Waals surface area contributed by atoms with Crippen LogP contribution in [0.1, 0.15) is 24.5 Å². The Balaban J connectivity index is 1.57. The number of rotatable bonds is 5. The van der Waals surface area contributed by atoms with E-state index in [1.807, 2.05) is 67.6 Å². The Kier molecular flexibility index (Phi) is 5.23. The Bertz CT molecular complexity index is 772. The Morgan fingerprint density at radius 2 is 1.76 bits per heavy atom. The highest BCUT2D eigenvalue weighted by molar-refractivity contribution is 5.99. The molecule has 2 amide bonds. The molecule has 0 aliphatic carbocycles. The van der Waals surface area contributed by atoms with Crippen molar-refractivity contribution < 1.29 is 9.59 Å². The molecule has 0 aromatic heterocycles. The van der Waals surface area contributed by atoms with Gasteiger partial charge in [-0.2, -0.15) is 5.10 Å². The molecule has 1 fully saturated rings. The maximum Gasteiger partial charge on any atom is 0.245 e. The normalized spacial score (nSPS) is 17.6. The molecule has 5 heteroatoms. The van der Waals surface area contributed by atoms with Crippen LogP contribution in [0, 0.1) is 5.92 Å². The van der Waals surface area contributed by atoms with E-state index in [0.29, 0.717) is 13.1 Å². The van der Waals surface area contributed by atoms with Gasteiger partial charge in [0.2, 0.25) is 11.8 Å². The average Bonchev–Trinajstić information content (AvgIpc) is 3.01. The minimum Gasteiger partial charge on any atom is -0.338 e. The lowest BCUT2D eigenvalue weighted by Crippen LogP contribution is -2.30. The number of likely N-dealkylation sites (tertiary alicyclic amines) is 1. The molecule has 1 aliphatic rings. The van der Waals surface area contributed by atoms with Crippen molar-refractivity contribution in [1.29, 1.82) is 0 Å². The largest absolute Gasteiger partial charge is 0.338 e. The summed E-state index contributed by atoms with van der Waals surface area (Å²) in [4.78, 5) is 26.2. The number of nitrogens with one attached hydrogen (secondary N) is 1. The van der Waals surface area contributed by atoms with Gasteiger partial charge in [0.05, 0.1) is 11.6 Å². The van der Waals surface area contributed by atoms with Crippen LogP contribution in [-0.4, -0.2) is 29.0 Å². The standard InChI is InChI=1S/C20H21N3O2/c1-15(17-10-6-3-7-11-17)21-22-20(25)18-12-19(24)23(14-18)13-16-8-4-2-5-9-16/h2-11,18H,12-14H2,1H3,(H,22,25)/b21-15+. The molecule has 2 aromatic rings. The van der Waals surface area contributed by atoms with Crippen molar-refractivity contribution in [2.24, 2.45) is 11.0 Å². The van der Waals surface area contributed by atoms with Gasteiger partial charge in [-0.1, -0.05) is 60.7 Å². The molecule has 0 spiro atoms. The summed E-state index contributed by atoms with van der Waals surface area (Å²) in [6.45, 7) is 2.81. The third kappa shape index (κ3) is 4.32. The first-order valence-corrected chi connectivity index (χ1v) is 8.35. The third-order valence-corrected chi connectivity index (χ3v) is 4.33. The van der Waals surface area contributed by atoms with Gasteiger partial charge >= 0.3 is 0 Å². The number of carbonyl (C=O) groups is 2. The summed E-state index contributed by atoms with van der Waals surface area (Å²) in [6, 6.07) is 19.4. The van der Waals surface area contributed by atoms with Gasteiger partial charge in [0, 0.05) is 19.5 Å². The van der Waals surface area contributed by atoms with Gasteiger partial charge in [-0.15, -0.1) is 0 Å². The van der Waals surface area contributed by atoms with Gasteiger partial charge in [-0.3, -0.25) is 9.59 Å². The van der Waals surface area contributed by atoms with Crippen LogP contribution >= 0.6 is 0 Å². The molecule has 0 saturated carbocycles. The summed E-state index contributed by atoms with van der Waals surface area (Å²) in [7, 11) is 0. The van der Waals surface area contributed by atoms with Crippen molar-refractivity contribution in [3.05, 3.63) is 71.8 Å². The second-order valence-corrected chi connectivity index (χ2v) is 6.20. The predicted octanol–water partition coefficient (Wildman–Crippen LogP) is 2.58. The smallest absolute Gasteiger partial charge is 0.245 e. The van der Waals surface area contributed by atoms with E-state index in [2.05, 4.69) is 10.5 Å². The molecule has 3 rings (SSSR count). The molecule has 5 nitrogen and oxygen atoms in total. The molecule has 25 heavy (non-hydrogen) atoms. The lowest BCUT2D eigenvalue weighted by Gasteiger charge is -2.16. The van der Waals surface area contributed by atoms with Crippen molar-refractivity contribution in [2.75, 3.05) is 6.54 Å². The molecule has 1 saturated heterocycles. The molecular formula is C20H21N3O2. The van der Waals surface area contributed by atoms with Gasteiger partial charge in [0.1, 0.15) is 0 Å². The van der Waals surface area contributed by atoms with Crippen molar-refractivity contribution >= 4 is 17.5 Å². The first-order valence-electron chi connectivity index (χ1n) is 8.35. The monoisotopic (exact) mass is 335 g/mol. The first kappa shape index (κ1) is 16.9. The number of hydrazone groups is 1. The molecule has 1 heterocycles. The minimum atomic E-state index is -0.358. The zero-order chi connectivity index (χ0) is 17.6. The minimum absolute atomic E-state index is 0.00719. The maximum absolute atomic E-state index is 12.3. The first-order chi connectivity index (χ1) is 12.1. The number of benzene rings is 2. The summed E-state index contributed by atoms with van der Waals surface area (Å²) >= 11 is 0. The Hall–Kier alpha value is -2.95. The van der Waals surface area contributed by atoms with Crippen LogP contribution in [-0.2, 0) is 16.1 Å². The van der Waals surface area contributed by atoms with E-state index in [9.17, 15) is 9.59 Å². The number of amides is 2. The van der Waals surface area contributed by atoms with Gasteiger partial charge in [-0.25, -0.2) is 5.43 Å². The number of hydrogen-bond acceptors (Lipinski definition) is 3. The fourth-order valence-electron chi connectivity index (χ4n) is 2.88. The Morgan fingerprint density at radius 1 is 1.12 bits per heavy atom. The van der Waals surface area contributed by atoms with Crippen molar-refractivity contribution in [3.63, 3.8) is 0 Å². The third-order valence-electron chi connectivity index (χ3n) is 4.33. The molecule has 1 N–H and O–H groups in total. The summed E-state index contributed by atoms with van der Waals surface area (Å²) in [5.74, 6) is -0.560. The highest BCUT2D eigenvalue weighted by Crippen LogP contribution is 2.20. The van der Waals surface area contributed by atoms with Crippen LogP contribution in [0.4, 0.5) is 0 Å². The van der Waals surface area contributed by atoms with E-state index < -0.39 is 0 Å². The molecule has 0 radical (unpaired) electrons. The Labute approximate surface area is 147 Å². The van der Waals surface area contributed by atoms with E-state index >= 15 is 0 Å². The van der Waals surface area contributed by atoms with Crippen LogP contribution in [0.2, 0.25) is 0 Å². The highest BCUT2D eigenvalue weighted by Gasteiger charge is 2.34. The molecule has 1 aliphatic heterocycles. The van der Waals surface area contributed by atoms with Crippen LogP contribution in [0.25, 0.3) is 0 Å². The average molecular weight is 335 g/mol. The SMILES string of the molecule is C/C(=N\NC(=O)C1CC(=O)N(Cc2ccccc2)C1)c1ccccc1. The summed E-state index contributed by atoms with van der Waals surface area (Å²) in [5.41, 5.74) is 5.35. The number of nitrogens with zero attached hydrogens (tertiary/aromatic N) is 2. The van der Waals surface area contributed by atoms with E-state index in [1.54, 1.807) is 4.90 Å². The maximum atomic E-state index is 12.3. The molecule has 2 aromatic carbocycles. The van der Waals surface area contributed by atoms with E-state index in [0.717, 1.165) is 16.8 Å². The zero-order valence-electron chi connectivity index (χ0n) is 14.2. The van der Waals surface area contributed by atoms with Gasteiger partial charge in [0.25, 0.3) is 0 Å². The van der Waals surface area contributed by atoms with Gasteiger partial charge in [0.15, 0.2) is 0 Å². The predicted molar refractivity (Wildman–Crippen MR) is 96.8 cm³/mol. The van der Waals surface area contributed by atoms with Crippen LogP contribution in [0.3, 0.4) is 0 Å². The van der Waals surface area contributed by atoms with Crippen LogP contribution in [0.5, 0.6) is 0 Å². The van der Waals surface area contributed by atoms with Crippen molar-refractivity contribution in [3.8, 4) is 0 Å². The second-order valence-electron chi connectivity index (χ2n) is 6.20. The van der Waals surface area contributed by atoms with Crippen molar-refractivity contribution in [1.82, 2.24) is 10.3 Å². The van der Waals surface area contributed by atoms with Crippen LogP contribution in [0.15, 0.2) is 65.8 Å². The molecule has 0 bridgehead atoms. The van der Waals surface area contributed by atoms with E-state index in [1.165, 1.54) is 0 Å². The molecule has 1 unspecified atom stereocenters.